The first kappa shape index (κ1) is 18.5. The molecule has 1 atom stereocenters. The second-order valence-corrected chi connectivity index (χ2v) is 6.17. The Balaban J connectivity index is 1.96. The van der Waals surface area contributed by atoms with E-state index in [4.69, 9.17) is 5.26 Å². The molecule has 0 aliphatic carbocycles. The first-order chi connectivity index (χ1) is 12.2. The first-order valence-corrected chi connectivity index (χ1v) is 8.83. The maximum absolute atomic E-state index is 12.3. The number of aromatic nitrogens is 1. The Labute approximate surface area is 150 Å². The summed E-state index contributed by atoms with van der Waals surface area (Å²) in [6, 6.07) is 14.2. The zero-order valence-corrected chi connectivity index (χ0v) is 14.3. The van der Waals surface area contributed by atoms with Gasteiger partial charge in [0.15, 0.2) is 0 Å². The summed E-state index contributed by atoms with van der Waals surface area (Å²) in [7, 11) is 0. The number of rotatable bonds is 8. The van der Waals surface area contributed by atoms with E-state index >= 15 is 0 Å². The van der Waals surface area contributed by atoms with Crippen LogP contribution in [0.4, 0.5) is 0 Å². The maximum Gasteiger partial charge on any atom is 0.252 e. The number of thioether (sulfide) groups is 1. The maximum atomic E-state index is 12.3. The molecule has 0 spiro atoms. The van der Waals surface area contributed by atoms with Gasteiger partial charge >= 0.3 is 0 Å². The van der Waals surface area contributed by atoms with Crippen LogP contribution in [0, 0.1) is 11.3 Å². The fraction of sp³-hybridized carbons (Fsp3) is 0.222. The highest BCUT2D eigenvalue weighted by atomic mass is 32.2. The molecule has 7 heteroatoms. The van der Waals surface area contributed by atoms with Crippen LogP contribution >= 0.6 is 11.8 Å². The van der Waals surface area contributed by atoms with E-state index in [1.807, 2.05) is 36.4 Å². The molecule has 25 heavy (non-hydrogen) atoms. The van der Waals surface area contributed by atoms with Crippen molar-refractivity contribution >= 4 is 23.6 Å². The average molecular weight is 354 g/mol. The summed E-state index contributed by atoms with van der Waals surface area (Å²) in [6.45, 7) is -0.0934. The summed E-state index contributed by atoms with van der Waals surface area (Å²) in [6.07, 6.45) is 3.04. The van der Waals surface area contributed by atoms with E-state index in [9.17, 15) is 9.59 Å². The number of carbonyl (C=O) groups is 2. The van der Waals surface area contributed by atoms with Gasteiger partial charge in [-0.25, -0.2) is 0 Å². The van der Waals surface area contributed by atoms with E-state index < -0.39 is 6.04 Å². The highest BCUT2D eigenvalue weighted by molar-refractivity contribution is 7.98. The first-order valence-electron chi connectivity index (χ1n) is 7.68. The summed E-state index contributed by atoms with van der Waals surface area (Å²) in [4.78, 5) is 28.3. The Bertz CT molecular complexity index is 732. The van der Waals surface area contributed by atoms with Crippen LogP contribution in [0.5, 0.6) is 0 Å². The van der Waals surface area contributed by atoms with Crippen LogP contribution < -0.4 is 10.6 Å². The molecule has 6 nitrogen and oxygen atoms in total. The number of hydrogen-bond donors (Lipinski definition) is 2. The normalized spacial score (nSPS) is 11.2. The molecule has 1 aromatic carbocycles. The van der Waals surface area contributed by atoms with Crippen LogP contribution in [0.25, 0.3) is 0 Å². The molecule has 2 amide bonds. The van der Waals surface area contributed by atoms with Crippen molar-refractivity contribution in [2.75, 3.05) is 12.3 Å². The van der Waals surface area contributed by atoms with Crippen molar-refractivity contribution in [1.29, 1.82) is 5.26 Å². The van der Waals surface area contributed by atoms with Gasteiger partial charge in [0.05, 0.1) is 6.07 Å². The molecule has 128 valence electrons. The number of pyridine rings is 1. The van der Waals surface area contributed by atoms with Crippen molar-refractivity contribution in [1.82, 2.24) is 15.6 Å². The number of amides is 2. The molecule has 2 N–H and O–H groups in total. The number of hydrogen-bond acceptors (Lipinski definition) is 5. The van der Waals surface area contributed by atoms with Crippen molar-refractivity contribution in [2.24, 2.45) is 0 Å². The number of nitrogens with one attached hydrogen (secondary N) is 2. The smallest absolute Gasteiger partial charge is 0.252 e. The van der Waals surface area contributed by atoms with E-state index in [1.165, 1.54) is 12.4 Å². The van der Waals surface area contributed by atoms with Crippen LogP contribution in [0.3, 0.4) is 0 Å². The molecule has 1 aromatic heterocycles. The summed E-state index contributed by atoms with van der Waals surface area (Å²) in [5.41, 5.74) is 1.57. The standard InChI is InChI=1S/C18H18N4O2S/c19-8-11-21-18(24)16(13-25-12-14-4-2-1-3-5-14)22-17(23)15-6-9-20-10-7-15/h1-7,9-10,16H,11-13H2,(H,21,24)(H,22,23). The Morgan fingerprint density at radius 3 is 2.56 bits per heavy atom. The van der Waals surface area contributed by atoms with Gasteiger partial charge in [0.25, 0.3) is 5.91 Å². The minimum atomic E-state index is -0.720. The average Bonchev–Trinajstić information content (AvgIpc) is 2.66. The van der Waals surface area contributed by atoms with Crippen LogP contribution in [0.2, 0.25) is 0 Å². The van der Waals surface area contributed by atoms with Crippen molar-refractivity contribution < 1.29 is 9.59 Å². The molecule has 0 saturated heterocycles. The second kappa shape index (κ2) is 10.1. The zero-order valence-electron chi connectivity index (χ0n) is 13.5. The molecule has 1 unspecified atom stereocenters. The highest BCUT2D eigenvalue weighted by Crippen LogP contribution is 2.13. The SMILES string of the molecule is N#CCNC(=O)C(CSCc1ccccc1)NC(=O)c1ccncc1. The van der Waals surface area contributed by atoms with Gasteiger partial charge in [-0.15, -0.1) is 0 Å². The highest BCUT2D eigenvalue weighted by Gasteiger charge is 2.21. The van der Waals surface area contributed by atoms with Crippen molar-refractivity contribution in [3.63, 3.8) is 0 Å². The van der Waals surface area contributed by atoms with Gasteiger partial charge in [0.1, 0.15) is 12.6 Å². The lowest BCUT2D eigenvalue weighted by atomic mass is 10.2. The molecule has 0 aliphatic heterocycles. The number of carbonyl (C=O) groups excluding carboxylic acids is 2. The van der Waals surface area contributed by atoms with Gasteiger partial charge in [-0.05, 0) is 17.7 Å². The lowest BCUT2D eigenvalue weighted by Crippen LogP contribution is -2.48. The third-order valence-corrected chi connectivity index (χ3v) is 4.41. The summed E-state index contributed by atoms with van der Waals surface area (Å²) in [5.74, 6) is 0.418. The van der Waals surface area contributed by atoms with Gasteiger partial charge in [0.2, 0.25) is 5.91 Å². The number of nitriles is 1. The van der Waals surface area contributed by atoms with Crippen molar-refractivity contribution in [2.45, 2.75) is 11.8 Å². The third kappa shape index (κ3) is 6.28. The third-order valence-electron chi connectivity index (χ3n) is 3.30. The van der Waals surface area contributed by atoms with Gasteiger partial charge in [-0.1, -0.05) is 30.3 Å². The molecule has 2 rings (SSSR count). The molecule has 0 saturated carbocycles. The van der Waals surface area contributed by atoms with Crippen molar-refractivity contribution in [3.8, 4) is 6.07 Å². The van der Waals surface area contributed by atoms with Gasteiger partial charge in [-0.2, -0.15) is 17.0 Å². The Kier molecular flexibility index (Phi) is 7.47. The largest absolute Gasteiger partial charge is 0.341 e. The Morgan fingerprint density at radius 1 is 1.16 bits per heavy atom. The summed E-state index contributed by atoms with van der Waals surface area (Å²) >= 11 is 1.54. The molecule has 0 fully saturated rings. The second-order valence-electron chi connectivity index (χ2n) is 5.14. The zero-order chi connectivity index (χ0) is 17.9. The fourth-order valence-corrected chi connectivity index (χ4v) is 3.06. The Morgan fingerprint density at radius 2 is 1.88 bits per heavy atom. The van der Waals surface area contributed by atoms with E-state index in [-0.39, 0.29) is 18.4 Å². The fourth-order valence-electron chi connectivity index (χ4n) is 2.05. The predicted octanol–water partition coefficient (Wildman–Crippen LogP) is 1.75. The molecule has 0 aliphatic rings. The van der Waals surface area contributed by atoms with Gasteiger partial charge < -0.3 is 10.6 Å². The minimum absolute atomic E-state index is 0.0934. The molecule has 1 heterocycles. The molecular weight excluding hydrogens is 336 g/mol. The van der Waals surface area contributed by atoms with Crippen LogP contribution in [-0.4, -0.2) is 35.1 Å². The van der Waals surface area contributed by atoms with E-state index in [1.54, 1.807) is 23.9 Å². The number of nitrogens with zero attached hydrogens (tertiary/aromatic N) is 2. The number of benzene rings is 1. The monoisotopic (exact) mass is 354 g/mol. The molecule has 2 aromatic rings. The molecular formula is C18H18N4O2S. The summed E-state index contributed by atoms with van der Waals surface area (Å²) in [5, 5.41) is 13.8. The van der Waals surface area contributed by atoms with Crippen molar-refractivity contribution in [3.05, 3.63) is 66.0 Å². The predicted molar refractivity (Wildman–Crippen MR) is 96.7 cm³/mol. The van der Waals surface area contributed by atoms with Crippen LogP contribution in [0.15, 0.2) is 54.9 Å². The van der Waals surface area contributed by atoms with Gasteiger partial charge in [0, 0.05) is 29.5 Å². The van der Waals surface area contributed by atoms with E-state index in [2.05, 4.69) is 15.6 Å². The lowest BCUT2D eigenvalue weighted by molar-refractivity contribution is -0.122. The topological polar surface area (TPSA) is 94.9 Å². The van der Waals surface area contributed by atoms with E-state index in [0.29, 0.717) is 11.3 Å². The summed E-state index contributed by atoms with van der Waals surface area (Å²) < 4.78 is 0. The Hall–Kier alpha value is -2.85. The van der Waals surface area contributed by atoms with Crippen LogP contribution in [0.1, 0.15) is 15.9 Å². The quantitative estimate of drug-likeness (QED) is 0.704. The van der Waals surface area contributed by atoms with Gasteiger partial charge in [-0.3, -0.25) is 14.6 Å². The molecule has 0 bridgehead atoms. The lowest BCUT2D eigenvalue weighted by Gasteiger charge is -2.17. The van der Waals surface area contributed by atoms with E-state index in [0.717, 1.165) is 11.3 Å². The van der Waals surface area contributed by atoms with Crippen LogP contribution in [-0.2, 0) is 10.5 Å². The minimum Gasteiger partial charge on any atom is -0.341 e. The molecule has 0 radical (unpaired) electrons.